The Morgan fingerprint density at radius 2 is 2.00 bits per heavy atom. The molecule has 7 nitrogen and oxygen atoms in total. The molecule has 1 aliphatic heterocycles. The lowest BCUT2D eigenvalue weighted by Gasteiger charge is -2.22. The van der Waals surface area contributed by atoms with Crippen LogP contribution in [-0.2, 0) is 11.2 Å². The van der Waals surface area contributed by atoms with Gasteiger partial charge in [0.05, 0.1) is 25.7 Å². The van der Waals surface area contributed by atoms with E-state index < -0.39 is 0 Å². The summed E-state index contributed by atoms with van der Waals surface area (Å²) in [6.07, 6.45) is 1.93. The Hall–Kier alpha value is -3.06. The van der Waals surface area contributed by atoms with Gasteiger partial charge in [-0.25, -0.2) is 0 Å². The summed E-state index contributed by atoms with van der Waals surface area (Å²) in [5.41, 5.74) is 1.66. The number of ether oxygens (including phenoxy) is 2. The van der Waals surface area contributed by atoms with Gasteiger partial charge in [-0.15, -0.1) is 0 Å². The van der Waals surface area contributed by atoms with Crippen molar-refractivity contribution in [2.75, 3.05) is 20.8 Å². The summed E-state index contributed by atoms with van der Waals surface area (Å²) in [5, 5.41) is 4.59. The predicted octanol–water partition coefficient (Wildman–Crippen LogP) is 4.31. The van der Waals surface area contributed by atoms with E-state index in [1.165, 1.54) is 0 Å². The minimum absolute atomic E-state index is 0.00271. The Kier molecular flexibility index (Phi) is 5.90. The minimum Gasteiger partial charge on any atom is -0.497 e. The molecule has 1 saturated heterocycles. The first-order valence-electron chi connectivity index (χ1n) is 9.69. The Balaban J connectivity index is 1.48. The van der Waals surface area contributed by atoms with Gasteiger partial charge in [-0.3, -0.25) is 4.79 Å². The number of carbonyl (C=O) groups excluding carboxylic acids is 1. The van der Waals surface area contributed by atoms with Gasteiger partial charge in [-0.1, -0.05) is 22.8 Å². The van der Waals surface area contributed by atoms with E-state index >= 15 is 0 Å². The quantitative estimate of drug-likeness (QED) is 0.583. The molecular formula is C22H22ClN3O4. The molecule has 0 aliphatic carbocycles. The highest BCUT2D eigenvalue weighted by Crippen LogP contribution is 2.33. The zero-order valence-electron chi connectivity index (χ0n) is 16.8. The number of rotatable bonds is 6. The van der Waals surface area contributed by atoms with Gasteiger partial charge in [-0.05, 0) is 54.8 Å². The lowest BCUT2D eigenvalue weighted by atomic mass is 10.1. The number of likely N-dealkylation sites (tertiary alicyclic amines) is 1. The maximum atomic E-state index is 13.0. The van der Waals surface area contributed by atoms with Crippen LogP contribution in [0.5, 0.6) is 11.5 Å². The monoisotopic (exact) mass is 427 g/mol. The lowest BCUT2D eigenvalue weighted by Crippen LogP contribution is -2.32. The van der Waals surface area contributed by atoms with Crippen molar-refractivity contribution in [2.24, 2.45) is 0 Å². The number of aromatic nitrogens is 2. The van der Waals surface area contributed by atoms with E-state index in [0.29, 0.717) is 29.0 Å². The molecule has 1 aromatic heterocycles. The molecule has 2 aromatic carbocycles. The van der Waals surface area contributed by atoms with Gasteiger partial charge >= 0.3 is 0 Å². The average molecular weight is 428 g/mol. The summed E-state index contributed by atoms with van der Waals surface area (Å²) >= 11 is 6.19. The second-order valence-corrected chi connectivity index (χ2v) is 7.48. The summed E-state index contributed by atoms with van der Waals surface area (Å²) in [6.45, 7) is 0.660. The largest absolute Gasteiger partial charge is 0.497 e. The third-order valence-electron chi connectivity index (χ3n) is 5.22. The molecule has 8 heteroatoms. The highest BCUT2D eigenvalue weighted by Gasteiger charge is 2.34. The smallest absolute Gasteiger partial charge is 0.249 e. The van der Waals surface area contributed by atoms with Crippen LogP contribution in [0.3, 0.4) is 0 Å². The maximum absolute atomic E-state index is 13.0. The van der Waals surface area contributed by atoms with Crippen LogP contribution in [0.2, 0.25) is 5.02 Å². The minimum atomic E-state index is -0.217. The molecule has 156 valence electrons. The van der Waals surface area contributed by atoms with Crippen LogP contribution < -0.4 is 9.47 Å². The van der Waals surface area contributed by atoms with Crippen molar-refractivity contribution in [1.29, 1.82) is 0 Å². The van der Waals surface area contributed by atoms with E-state index in [4.69, 9.17) is 25.6 Å². The standard InChI is InChI=1S/C22H22ClN3O4/c1-28-16-8-6-15(7-9-16)21-24-22(30-25-21)18-4-3-11-26(18)20(27)13-14-5-10-19(29-2)17(23)12-14/h5-10,12,18H,3-4,11,13H2,1-2H3/t18-/m0/s1. The third kappa shape index (κ3) is 4.11. The molecule has 0 saturated carbocycles. The van der Waals surface area contributed by atoms with Gasteiger partial charge in [0.2, 0.25) is 17.6 Å². The van der Waals surface area contributed by atoms with Gasteiger partial charge in [0.1, 0.15) is 17.5 Å². The maximum Gasteiger partial charge on any atom is 0.249 e. The van der Waals surface area contributed by atoms with Gasteiger partial charge in [-0.2, -0.15) is 4.98 Å². The summed E-state index contributed by atoms with van der Waals surface area (Å²) in [5.74, 6) is 2.30. The van der Waals surface area contributed by atoms with Crippen molar-refractivity contribution in [2.45, 2.75) is 25.3 Å². The fraction of sp³-hybridized carbons (Fsp3) is 0.318. The fourth-order valence-corrected chi connectivity index (χ4v) is 3.93. The van der Waals surface area contributed by atoms with Crippen molar-refractivity contribution >= 4 is 17.5 Å². The fourth-order valence-electron chi connectivity index (χ4n) is 3.65. The number of halogens is 1. The van der Waals surface area contributed by atoms with Crippen molar-refractivity contribution in [3.05, 3.63) is 58.9 Å². The number of nitrogens with zero attached hydrogens (tertiary/aromatic N) is 3. The second kappa shape index (κ2) is 8.75. The Morgan fingerprint density at radius 3 is 2.70 bits per heavy atom. The summed E-state index contributed by atoms with van der Waals surface area (Å²) in [7, 11) is 3.18. The molecule has 0 unspecified atom stereocenters. The van der Waals surface area contributed by atoms with Crippen molar-refractivity contribution in [3.63, 3.8) is 0 Å². The summed E-state index contributed by atoms with van der Waals surface area (Å²) in [6, 6.07) is 12.6. The zero-order chi connectivity index (χ0) is 21.1. The molecule has 1 atom stereocenters. The number of amides is 1. The molecule has 1 aliphatic rings. The van der Waals surface area contributed by atoms with Crippen LogP contribution in [0.4, 0.5) is 0 Å². The Morgan fingerprint density at radius 1 is 1.20 bits per heavy atom. The number of hydrogen-bond acceptors (Lipinski definition) is 6. The lowest BCUT2D eigenvalue weighted by molar-refractivity contribution is -0.131. The van der Waals surface area contributed by atoms with Gasteiger partial charge in [0.25, 0.3) is 0 Å². The molecule has 1 amide bonds. The number of benzene rings is 2. The van der Waals surface area contributed by atoms with E-state index in [2.05, 4.69) is 10.1 Å². The van der Waals surface area contributed by atoms with Crippen molar-refractivity contribution in [1.82, 2.24) is 15.0 Å². The van der Waals surface area contributed by atoms with Crippen molar-refractivity contribution in [3.8, 4) is 22.9 Å². The highest BCUT2D eigenvalue weighted by molar-refractivity contribution is 6.32. The van der Waals surface area contributed by atoms with Crippen LogP contribution >= 0.6 is 11.6 Å². The molecule has 4 rings (SSSR count). The Labute approximate surface area is 179 Å². The van der Waals surface area contributed by atoms with Crippen LogP contribution in [0.15, 0.2) is 47.0 Å². The molecule has 2 heterocycles. The van der Waals surface area contributed by atoms with Crippen molar-refractivity contribution < 1.29 is 18.8 Å². The number of methoxy groups -OCH3 is 2. The van der Waals surface area contributed by atoms with Crippen LogP contribution in [0, 0.1) is 0 Å². The zero-order valence-corrected chi connectivity index (χ0v) is 17.6. The number of hydrogen-bond donors (Lipinski definition) is 0. The summed E-state index contributed by atoms with van der Waals surface area (Å²) < 4.78 is 15.9. The molecule has 0 radical (unpaired) electrons. The third-order valence-corrected chi connectivity index (χ3v) is 5.52. The molecule has 0 bridgehead atoms. The van der Waals surface area contributed by atoms with E-state index in [1.54, 1.807) is 26.4 Å². The normalized spacial score (nSPS) is 16.0. The van der Waals surface area contributed by atoms with E-state index in [-0.39, 0.29) is 18.4 Å². The summed E-state index contributed by atoms with van der Waals surface area (Å²) in [4.78, 5) is 19.3. The van der Waals surface area contributed by atoms with Crippen LogP contribution in [-0.4, -0.2) is 41.7 Å². The molecular weight excluding hydrogens is 406 g/mol. The van der Waals surface area contributed by atoms with Gasteiger partial charge < -0.3 is 18.9 Å². The van der Waals surface area contributed by atoms with E-state index in [9.17, 15) is 4.79 Å². The van der Waals surface area contributed by atoms with Crippen LogP contribution in [0.1, 0.15) is 30.3 Å². The average Bonchev–Trinajstić information content (AvgIpc) is 3.43. The Bertz CT molecular complexity index is 1040. The predicted molar refractivity (Wildman–Crippen MR) is 112 cm³/mol. The second-order valence-electron chi connectivity index (χ2n) is 7.08. The molecule has 0 N–H and O–H groups in total. The molecule has 30 heavy (non-hydrogen) atoms. The SMILES string of the molecule is COc1ccc(-c2noc([C@@H]3CCCN3C(=O)Cc3ccc(OC)c(Cl)c3)n2)cc1. The highest BCUT2D eigenvalue weighted by atomic mass is 35.5. The molecule has 0 spiro atoms. The first kappa shape index (κ1) is 20.2. The van der Waals surface area contributed by atoms with Crippen LogP contribution in [0.25, 0.3) is 11.4 Å². The van der Waals surface area contributed by atoms with E-state index in [1.807, 2.05) is 35.2 Å². The van der Waals surface area contributed by atoms with E-state index in [0.717, 1.165) is 29.7 Å². The number of carbonyl (C=O) groups is 1. The molecule has 1 fully saturated rings. The molecule has 3 aromatic rings. The first-order valence-corrected chi connectivity index (χ1v) is 10.1. The first-order chi connectivity index (χ1) is 14.6. The van der Waals surface area contributed by atoms with Gasteiger partial charge in [0, 0.05) is 12.1 Å². The topological polar surface area (TPSA) is 77.7 Å². The van der Waals surface area contributed by atoms with Gasteiger partial charge in [0.15, 0.2) is 0 Å².